The molecule has 0 aliphatic heterocycles. The molecule has 0 aromatic rings. The minimum absolute atomic E-state index is 0.00856. The summed E-state index contributed by atoms with van der Waals surface area (Å²) in [7, 11) is -8.91. The van der Waals surface area contributed by atoms with Crippen LogP contribution in [0.1, 0.15) is 26.7 Å². The van der Waals surface area contributed by atoms with Gasteiger partial charge < -0.3 is 14.7 Å². The van der Waals surface area contributed by atoms with Gasteiger partial charge in [-0.2, -0.15) is 0 Å². The van der Waals surface area contributed by atoms with E-state index in [0.29, 0.717) is 6.42 Å². The zero-order valence-corrected chi connectivity index (χ0v) is 10.4. The summed E-state index contributed by atoms with van der Waals surface area (Å²) in [6.45, 7) is 3.15. The quantitative estimate of drug-likeness (QED) is 0.595. The topological polar surface area (TPSA) is 113 Å². The van der Waals surface area contributed by atoms with Gasteiger partial charge in [0.2, 0.25) is 0 Å². The van der Waals surface area contributed by atoms with Crippen molar-refractivity contribution in [2.45, 2.75) is 32.5 Å². The molecule has 0 saturated carbocycles. The molecule has 3 N–H and O–H groups in total. The fourth-order valence-corrected chi connectivity index (χ4v) is 3.02. The molecule has 7 nitrogen and oxygen atoms in total. The van der Waals surface area contributed by atoms with Crippen LogP contribution in [-0.4, -0.2) is 27.1 Å². The van der Waals surface area contributed by atoms with Gasteiger partial charge in [0, 0.05) is 0 Å². The van der Waals surface area contributed by atoms with Gasteiger partial charge in [-0.15, -0.1) is 0 Å². The molecule has 0 aromatic heterocycles. The van der Waals surface area contributed by atoms with E-state index in [2.05, 4.69) is 9.05 Å². The number of phosphoric ester groups is 1. The maximum atomic E-state index is 11.2. The molecule has 92 valence electrons. The van der Waals surface area contributed by atoms with Crippen LogP contribution < -0.4 is 0 Å². The van der Waals surface area contributed by atoms with Crippen LogP contribution in [0.3, 0.4) is 0 Å². The van der Waals surface area contributed by atoms with Crippen molar-refractivity contribution >= 4 is 15.4 Å². The average molecular weight is 262 g/mol. The lowest BCUT2D eigenvalue weighted by Crippen LogP contribution is -2.11. The molecule has 0 radical (unpaired) electrons. The molecule has 0 heterocycles. The molecule has 2 atom stereocenters. The fourth-order valence-electron chi connectivity index (χ4n) is 0.765. The molecular formula is C6H16O7P2. The van der Waals surface area contributed by atoms with Crippen LogP contribution >= 0.6 is 15.4 Å². The second-order valence-corrected chi connectivity index (χ2v) is 6.02. The van der Waals surface area contributed by atoms with Crippen LogP contribution in [0, 0.1) is 0 Å². The van der Waals surface area contributed by atoms with Crippen molar-refractivity contribution in [2.24, 2.45) is 0 Å². The van der Waals surface area contributed by atoms with Crippen molar-refractivity contribution in [1.29, 1.82) is 0 Å². The van der Waals surface area contributed by atoms with Gasteiger partial charge >= 0.3 is 15.4 Å². The predicted molar refractivity (Wildman–Crippen MR) is 53.3 cm³/mol. The van der Waals surface area contributed by atoms with E-state index in [1.165, 1.54) is 6.92 Å². The highest BCUT2D eigenvalue weighted by Gasteiger charge is 2.35. The van der Waals surface area contributed by atoms with Gasteiger partial charge in [-0.25, -0.2) is 4.57 Å². The van der Waals surface area contributed by atoms with Crippen LogP contribution in [-0.2, 0) is 18.2 Å². The van der Waals surface area contributed by atoms with Gasteiger partial charge in [0.15, 0.2) is 5.85 Å². The maximum Gasteiger partial charge on any atom is 0.473 e. The Morgan fingerprint density at radius 2 is 1.73 bits per heavy atom. The van der Waals surface area contributed by atoms with Gasteiger partial charge in [0.25, 0.3) is 0 Å². The lowest BCUT2D eigenvalue weighted by molar-refractivity contribution is 0.120. The van der Waals surface area contributed by atoms with Crippen LogP contribution in [0.4, 0.5) is 0 Å². The molecule has 0 spiro atoms. The minimum atomic E-state index is -4.54. The van der Waals surface area contributed by atoms with Gasteiger partial charge in [-0.1, -0.05) is 13.8 Å². The number of rotatable bonds is 7. The molecule has 0 fully saturated rings. The second kappa shape index (κ2) is 6.11. The number of hydrogen-bond acceptors (Lipinski definition) is 4. The first-order valence-electron chi connectivity index (χ1n) is 4.44. The first kappa shape index (κ1) is 15.3. The van der Waals surface area contributed by atoms with E-state index < -0.39 is 21.3 Å². The van der Waals surface area contributed by atoms with Gasteiger partial charge in [0.05, 0.1) is 6.61 Å². The molecule has 15 heavy (non-hydrogen) atoms. The zero-order valence-electron chi connectivity index (χ0n) is 8.57. The fraction of sp³-hybridized carbons (Fsp3) is 1.00. The molecule has 2 unspecified atom stereocenters. The molecule has 0 amide bonds. The first-order chi connectivity index (χ1) is 6.73. The van der Waals surface area contributed by atoms with E-state index in [-0.39, 0.29) is 13.0 Å². The first-order valence-corrected chi connectivity index (χ1v) is 7.61. The van der Waals surface area contributed by atoms with E-state index in [9.17, 15) is 9.13 Å². The third kappa shape index (κ3) is 6.43. The Morgan fingerprint density at radius 3 is 2.07 bits per heavy atom. The van der Waals surface area contributed by atoms with E-state index in [4.69, 9.17) is 14.7 Å². The summed E-state index contributed by atoms with van der Waals surface area (Å²) >= 11 is 0. The normalized spacial score (nSPS) is 18.5. The predicted octanol–water partition coefficient (Wildman–Crippen LogP) is 1.44. The van der Waals surface area contributed by atoms with E-state index >= 15 is 0 Å². The standard InChI is InChI=1S/C6H16O7P2/c1-3-5-12-15(10,11)13-6(4-2)14(7,8)9/h6H,3-5H2,1-2H3,(H,10,11)(H2,7,8,9). The summed E-state index contributed by atoms with van der Waals surface area (Å²) in [5.41, 5.74) is 0. The summed E-state index contributed by atoms with van der Waals surface area (Å²) in [5.74, 6) is -1.61. The molecule has 0 aliphatic rings. The SMILES string of the molecule is CCCOP(=O)(O)OC(CC)P(=O)(O)O. The number of hydrogen-bond donors (Lipinski definition) is 3. The van der Waals surface area contributed by atoms with Crippen LogP contribution in [0.25, 0.3) is 0 Å². The van der Waals surface area contributed by atoms with Crippen LogP contribution in [0.2, 0.25) is 0 Å². The highest BCUT2D eigenvalue weighted by Crippen LogP contribution is 2.54. The Morgan fingerprint density at radius 1 is 1.20 bits per heavy atom. The number of phosphoric acid groups is 1. The summed E-state index contributed by atoms with van der Waals surface area (Å²) < 4.78 is 30.8. The van der Waals surface area contributed by atoms with Crippen molar-refractivity contribution in [3.8, 4) is 0 Å². The van der Waals surface area contributed by atoms with Crippen LogP contribution in [0.15, 0.2) is 0 Å². The highest BCUT2D eigenvalue weighted by atomic mass is 31.2. The summed E-state index contributed by atoms with van der Waals surface area (Å²) in [4.78, 5) is 26.6. The van der Waals surface area contributed by atoms with Crippen molar-refractivity contribution in [3.05, 3.63) is 0 Å². The summed E-state index contributed by atoms with van der Waals surface area (Å²) in [6.07, 6.45) is 0.422. The molecule has 0 rings (SSSR count). The highest BCUT2D eigenvalue weighted by molar-refractivity contribution is 7.54. The molecule has 0 aromatic carbocycles. The van der Waals surface area contributed by atoms with Crippen molar-refractivity contribution in [1.82, 2.24) is 0 Å². The Balaban J connectivity index is 4.41. The Kier molecular flexibility index (Phi) is 6.21. The molecular weight excluding hydrogens is 246 g/mol. The van der Waals surface area contributed by atoms with Crippen molar-refractivity contribution in [3.63, 3.8) is 0 Å². The molecule has 9 heteroatoms. The van der Waals surface area contributed by atoms with Crippen molar-refractivity contribution in [2.75, 3.05) is 6.61 Å². The second-order valence-electron chi connectivity index (χ2n) is 2.86. The Labute approximate surface area is 88.2 Å². The molecule has 0 aliphatic carbocycles. The van der Waals surface area contributed by atoms with E-state index in [0.717, 1.165) is 0 Å². The Bertz CT molecular complexity index is 273. The zero-order chi connectivity index (χ0) is 12.1. The lowest BCUT2D eigenvalue weighted by atomic mass is 10.5. The smallest absolute Gasteiger partial charge is 0.323 e. The molecule has 0 saturated heterocycles. The Hall–Kier alpha value is 0.260. The van der Waals surface area contributed by atoms with E-state index in [1.54, 1.807) is 6.92 Å². The van der Waals surface area contributed by atoms with Crippen molar-refractivity contribution < 1.29 is 32.9 Å². The molecule has 0 bridgehead atoms. The van der Waals surface area contributed by atoms with Gasteiger partial charge in [0.1, 0.15) is 0 Å². The van der Waals surface area contributed by atoms with Gasteiger partial charge in [-0.3, -0.25) is 13.6 Å². The van der Waals surface area contributed by atoms with Gasteiger partial charge in [-0.05, 0) is 12.8 Å². The maximum absolute atomic E-state index is 11.2. The van der Waals surface area contributed by atoms with Crippen LogP contribution in [0.5, 0.6) is 0 Å². The van der Waals surface area contributed by atoms with E-state index in [1.807, 2.05) is 0 Å². The largest absolute Gasteiger partial charge is 0.473 e. The average Bonchev–Trinajstić information content (AvgIpc) is 2.09. The third-order valence-electron chi connectivity index (χ3n) is 1.44. The summed E-state index contributed by atoms with van der Waals surface area (Å²) in [6, 6.07) is 0. The minimum Gasteiger partial charge on any atom is -0.323 e. The third-order valence-corrected chi connectivity index (χ3v) is 3.85. The lowest BCUT2D eigenvalue weighted by Gasteiger charge is -2.20. The summed E-state index contributed by atoms with van der Waals surface area (Å²) in [5, 5.41) is 0. The monoisotopic (exact) mass is 262 g/mol.